The van der Waals surface area contributed by atoms with Crippen LogP contribution in [-0.4, -0.2) is 17.7 Å². The lowest BCUT2D eigenvalue weighted by atomic mass is 9.89. The van der Waals surface area contributed by atoms with Gasteiger partial charge in [0.1, 0.15) is 0 Å². The molecule has 1 aromatic rings. The van der Waals surface area contributed by atoms with Gasteiger partial charge in [-0.1, -0.05) is 0 Å². The standard InChI is InChI=1S/C12H17NO/c1-9-7-11(3-5-13-9)12-4-6-14-10(2)8-12/h3,5,7,10,12H,4,6,8H2,1-2H3. The molecule has 0 amide bonds. The minimum Gasteiger partial charge on any atom is -0.378 e. The molecule has 1 aliphatic heterocycles. The van der Waals surface area contributed by atoms with Gasteiger partial charge in [0, 0.05) is 18.5 Å². The normalized spacial score (nSPS) is 27.6. The molecule has 1 saturated heterocycles. The molecule has 76 valence electrons. The monoisotopic (exact) mass is 191 g/mol. The van der Waals surface area contributed by atoms with Crippen molar-refractivity contribution in [2.45, 2.75) is 38.7 Å². The van der Waals surface area contributed by atoms with E-state index in [0.29, 0.717) is 12.0 Å². The quantitative estimate of drug-likeness (QED) is 0.681. The Bertz CT molecular complexity index is 311. The summed E-state index contributed by atoms with van der Waals surface area (Å²) in [5, 5.41) is 0. The Labute approximate surface area is 85.3 Å². The van der Waals surface area contributed by atoms with Crippen molar-refractivity contribution >= 4 is 0 Å². The number of pyridine rings is 1. The fraction of sp³-hybridized carbons (Fsp3) is 0.583. The summed E-state index contributed by atoms with van der Waals surface area (Å²) in [5.41, 5.74) is 2.54. The summed E-state index contributed by atoms with van der Waals surface area (Å²) >= 11 is 0. The van der Waals surface area contributed by atoms with E-state index < -0.39 is 0 Å². The zero-order chi connectivity index (χ0) is 9.97. The Morgan fingerprint density at radius 1 is 1.50 bits per heavy atom. The van der Waals surface area contributed by atoms with Crippen LogP contribution in [0, 0.1) is 6.92 Å². The van der Waals surface area contributed by atoms with Gasteiger partial charge in [0.05, 0.1) is 6.10 Å². The molecule has 1 aliphatic rings. The van der Waals surface area contributed by atoms with Gasteiger partial charge >= 0.3 is 0 Å². The first kappa shape index (κ1) is 9.66. The van der Waals surface area contributed by atoms with E-state index in [2.05, 4.69) is 24.0 Å². The Morgan fingerprint density at radius 2 is 2.36 bits per heavy atom. The maximum atomic E-state index is 5.54. The van der Waals surface area contributed by atoms with Gasteiger partial charge in [-0.2, -0.15) is 0 Å². The molecule has 0 saturated carbocycles. The highest BCUT2D eigenvalue weighted by molar-refractivity contribution is 5.20. The minimum absolute atomic E-state index is 0.405. The number of rotatable bonds is 1. The second-order valence-corrected chi connectivity index (χ2v) is 4.13. The second-order valence-electron chi connectivity index (χ2n) is 4.13. The van der Waals surface area contributed by atoms with Gasteiger partial charge in [-0.15, -0.1) is 0 Å². The summed E-state index contributed by atoms with van der Waals surface area (Å²) in [5.74, 6) is 0.667. The molecule has 2 nitrogen and oxygen atoms in total. The van der Waals surface area contributed by atoms with Crippen LogP contribution in [0.1, 0.15) is 36.9 Å². The van der Waals surface area contributed by atoms with Gasteiger partial charge in [-0.3, -0.25) is 4.98 Å². The van der Waals surface area contributed by atoms with Gasteiger partial charge in [-0.25, -0.2) is 0 Å². The Morgan fingerprint density at radius 3 is 3.07 bits per heavy atom. The van der Waals surface area contributed by atoms with E-state index in [1.54, 1.807) is 0 Å². The SMILES string of the molecule is Cc1cc(C2CCOC(C)C2)ccn1. The molecule has 2 rings (SSSR count). The highest BCUT2D eigenvalue weighted by Crippen LogP contribution is 2.29. The van der Waals surface area contributed by atoms with E-state index in [0.717, 1.165) is 25.1 Å². The summed E-state index contributed by atoms with van der Waals surface area (Å²) in [4.78, 5) is 4.22. The number of ether oxygens (including phenoxy) is 1. The molecule has 14 heavy (non-hydrogen) atoms. The van der Waals surface area contributed by atoms with Gasteiger partial charge in [0.25, 0.3) is 0 Å². The first-order valence-corrected chi connectivity index (χ1v) is 5.30. The predicted octanol–water partition coefficient (Wildman–Crippen LogP) is 2.67. The third-order valence-electron chi connectivity index (χ3n) is 2.88. The fourth-order valence-electron chi connectivity index (χ4n) is 2.12. The van der Waals surface area contributed by atoms with E-state index in [9.17, 15) is 0 Å². The van der Waals surface area contributed by atoms with E-state index >= 15 is 0 Å². The maximum Gasteiger partial charge on any atom is 0.0552 e. The highest BCUT2D eigenvalue weighted by atomic mass is 16.5. The molecule has 2 unspecified atom stereocenters. The van der Waals surface area contributed by atoms with Crippen LogP contribution in [0.2, 0.25) is 0 Å². The van der Waals surface area contributed by atoms with Crippen LogP contribution < -0.4 is 0 Å². The van der Waals surface area contributed by atoms with Crippen molar-refractivity contribution in [1.29, 1.82) is 0 Å². The Kier molecular flexibility index (Phi) is 2.82. The molecule has 1 fully saturated rings. The zero-order valence-electron chi connectivity index (χ0n) is 8.86. The Balaban J connectivity index is 2.14. The van der Waals surface area contributed by atoms with Crippen LogP contribution in [0.25, 0.3) is 0 Å². The van der Waals surface area contributed by atoms with Crippen molar-refractivity contribution in [3.8, 4) is 0 Å². The molecule has 2 heteroatoms. The molecule has 1 aromatic heterocycles. The summed E-state index contributed by atoms with van der Waals surface area (Å²) in [6, 6.07) is 4.33. The van der Waals surface area contributed by atoms with Gasteiger partial charge < -0.3 is 4.74 Å². The van der Waals surface area contributed by atoms with Crippen molar-refractivity contribution in [3.05, 3.63) is 29.6 Å². The lowest BCUT2D eigenvalue weighted by Gasteiger charge is -2.27. The second kappa shape index (κ2) is 4.09. The fourth-order valence-corrected chi connectivity index (χ4v) is 2.12. The Hall–Kier alpha value is -0.890. The predicted molar refractivity (Wildman–Crippen MR) is 56.4 cm³/mol. The molecule has 0 radical (unpaired) electrons. The zero-order valence-corrected chi connectivity index (χ0v) is 8.86. The number of nitrogens with zero attached hydrogens (tertiary/aromatic N) is 1. The third-order valence-corrected chi connectivity index (χ3v) is 2.88. The van der Waals surface area contributed by atoms with E-state index in [-0.39, 0.29) is 0 Å². The van der Waals surface area contributed by atoms with Crippen molar-refractivity contribution < 1.29 is 4.74 Å². The van der Waals surface area contributed by atoms with Crippen LogP contribution in [0.15, 0.2) is 18.3 Å². The molecular weight excluding hydrogens is 174 g/mol. The summed E-state index contributed by atoms with van der Waals surface area (Å²) in [6.07, 6.45) is 4.60. The van der Waals surface area contributed by atoms with Crippen LogP contribution in [0.5, 0.6) is 0 Å². The van der Waals surface area contributed by atoms with Crippen LogP contribution in [0.4, 0.5) is 0 Å². The summed E-state index contributed by atoms with van der Waals surface area (Å²) in [7, 11) is 0. The largest absolute Gasteiger partial charge is 0.378 e. The first-order chi connectivity index (χ1) is 6.75. The lowest BCUT2D eigenvalue weighted by Crippen LogP contribution is -2.21. The molecule has 0 bridgehead atoms. The first-order valence-electron chi connectivity index (χ1n) is 5.30. The smallest absolute Gasteiger partial charge is 0.0552 e. The van der Waals surface area contributed by atoms with E-state index in [1.807, 2.05) is 13.1 Å². The lowest BCUT2D eigenvalue weighted by molar-refractivity contribution is 0.0186. The van der Waals surface area contributed by atoms with Gasteiger partial charge in [0.15, 0.2) is 0 Å². The number of hydrogen-bond donors (Lipinski definition) is 0. The molecule has 2 atom stereocenters. The maximum absolute atomic E-state index is 5.54. The average Bonchev–Trinajstić information content (AvgIpc) is 2.18. The molecule has 2 heterocycles. The highest BCUT2D eigenvalue weighted by Gasteiger charge is 2.20. The van der Waals surface area contributed by atoms with Crippen molar-refractivity contribution in [1.82, 2.24) is 4.98 Å². The van der Waals surface area contributed by atoms with Crippen molar-refractivity contribution in [2.75, 3.05) is 6.61 Å². The van der Waals surface area contributed by atoms with E-state index in [1.165, 1.54) is 5.56 Å². The van der Waals surface area contributed by atoms with Gasteiger partial charge in [-0.05, 0) is 50.3 Å². The average molecular weight is 191 g/mol. The summed E-state index contributed by atoms with van der Waals surface area (Å²) < 4.78 is 5.54. The summed E-state index contributed by atoms with van der Waals surface area (Å²) in [6.45, 7) is 5.10. The number of aromatic nitrogens is 1. The molecule has 0 spiro atoms. The van der Waals surface area contributed by atoms with Crippen molar-refractivity contribution in [2.24, 2.45) is 0 Å². The topological polar surface area (TPSA) is 22.1 Å². The van der Waals surface area contributed by atoms with Crippen LogP contribution in [0.3, 0.4) is 0 Å². The minimum atomic E-state index is 0.405. The molecule has 0 aromatic carbocycles. The molecule has 0 N–H and O–H groups in total. The number of hydrogen-bond acceptors (Lipinski definition) is 2. The third kappa shape index (κ3) is 2.13. The van der Waals surface area contributed by atoms with Crippen LogP contribution in [-0.2, 0) is 4.74 Å². The van der Waals surface area contributed by atoms with E-state index in [4.69, 9.17) is 4.74 Å². The molecule has 0 aliphatic carbocycles. The molecular formula is C12H17NO. The van der Waals surface area contributed by atoms with Gasteiger partial charge in [0.2, 0.25) is 0 Å². The van der Waals surface area contributed by atoms with Crippen LogP contribution >= 0.6 is 0 Å². The van der Waals surface area contributed by atoms with Crippen molar-refractivity contribution in [3.63, 3.8) is 0 Å². The number of aryl methyl sites for hydroxylation is 1.